The number of thiazole rings is 1. The minimum atomic E-state index is -4.30. The van der Waals surface area contributed by atoms with Crippen molar-refractivity contribution in [3.05, 3.63) is 15.6 Å². The highest BCUT2D eigenvalue weighted by molar-refractivity contribution is 7.11. The van der Waals surface area contributed by atoms with E-state index in [1.165, 1.54) is 0 Å². The summed E-state index contributed by atoms with van der Waals surface area (Å²) in [5, 5.41) is 0.471. The highest BCUT2D eigenvalue weighted by atomic mass is 32.1. The molecule has 0 atom stereocenters. The summed E-state index contributed by atoms with van der Waals surface area (Å²) in [6.07, 6.45) is -3.91. The second-order valence-electron chi connectivity index (χ2n) is 2.36. The summed E-state index contributed by atoms with van der Waals surface area (Å²) in [5.74, 6) is 0. The Kier molecular flexibility index (Phi) is 2.41. The van der Waals surface area contributed by atoms with Crippen LogP contribution in [0.3, 0.4) is 0 Å². The van der Waals surface area contributed by atoms with E-state index in [2.05, 4.69) is 4.98 Å². The molecule has 1 heterocycles. The van der Waals surface area contributed by atoms with Crippen molar-refractivity contribution in [2.75, 3.05) is 0 Å². The van der Waals surface area contributed by atoms with E-state index in [0.717, 1.165) is 11.3 Å². The van der Waals surface area contributed by atoms with Crippen molar-refractivity contribution >= 4 is 11.3 Å². The molecule has 12 heavy (non-hydrogen) atoms. The molecular formula is C7H8F3NS. The lowest BCUT2D eigenvalue weighted by molar-refractivity contribution is -0.141. The van der Waals surface area contributed by atoms with E-state index in [4.69, 9.17) is 0 Å². The van der Waals surface area contributed by atoms with E-state index in [9.17, 15) is 13.2 Å². The van der Waals surface area contributed by atoms with Crippen molar-refractivity contribution in [3.63, 3.8) is 0 Å². The van der Waals surface area contributed by atoms with Crippen molar-refractivity contribution in [1.82, 2.24) is 4.98 Å². The van der Waals surface area contributed by atoms with Gasteiger partial charge in [0.05, 0.1) is 5.01 Å². The monoisotopic (exact) mass is 195 g/mol. The molecule has 0 spiro atoms. The maximum atomic E-state index is 12.2. The fourth-order valence-corrected chi connectivity index (χ4v) is 1.83. The summed E-state index contributed by atoms with van der Waals surface area (Å²) in [4.78, 5) is 3.77. The summed E-state index contributed by atoms with van der Waals surface area (Å²) in [6.45, 7) is 3.28. The summed E-state index contributed by atoms with van der Waals surface area (Å²) < 4.78 is 36.6. The van der Waals surface area contributed by atoms with E-state index in [1.54, 1.807) is 13.8 Å². The van der Waals surface area contributed by atoms with Crippen LogP contribution in [0.25, 0.3) is 0 Å². The first kappa shape index (κ1) is 9.51. The normalized spacial score (nSPS) is 12.1. The molecule has 1 aromatic heterocycles. The van der Waals surface area contributed by atoms with Crippen molar-refractivity contribution < 1.29 is 13.2 Å². The largest absolute Gasteiger partial charge is 0.434 e. The van der Waals surface area contributed by atoms with Crippen LogP contribution in [0.2, 0.25) is 0 Å². The second-order valence-corrected chi connectivity index (χ2v) is 3.64. The van der Waals surface area contributed by atoms with Crippen LogP contribution in [0.4, 0.5) is 13.2 Å². The van der Waals surface area contributed by atoms with Crippen LogP contribution in [0, 0.1) is 6.92 Å². The first-order chi connectivity index (χ1) is 5.45. The van der Waals surface area contributed by atoms with Crippen molar-refractivity contribution in [2.24, 2.45) is 0 Å². The quantitative estimate of drug-likeness (QED) is 0.671. The topological polar surface area (TPSA) is 12.9 Å². The van der Waals surface area contributed by atoms with Gasteiger partial charge in [0, 0.05) is 4.88 Å². The van der Waals surface area contributed by atoms with Gasteiger partial charge in [-0.1, -0.05) is 6.92 Å². The molecule has 68 valence electrons. The molecule has 0 saturated heterocycles. The standard InChI is InChI=1S/C7H8F3NS/c1-3-5-6(7(8,9)10)11-4(2)12-5/h3H2,1-2H3. The third kappa shape index (κ3) is 1.77. The molecule has 1 nitrogen and oxygen atoms in total. The Morgan fingerprint density at radius 2 is 2.00 bits per heavy atom. The average Bonchev–Trinajstić information content (AvgIpc) is 2.29. The van der Waals surface area contributed by atoms with Crippen molar-refractivity contribution in [1.29, 1.82) is 0 Å². The summed E-state index contributed by atoms with van der Waals surface area (Å²) >= 11 is 1.11. The SMILES string of the molecule is CCc1sc(C)nc1C(F)(F)F. The Hall–Kier alpha value is -0.580. The Balaban J connectivity index is 3.13. The first-order valence-corrected chi connectivity index (χ1v) is 4.30. The van der Waals surface area contributed by atoms with Gasteiger partial charge in [-0.2, -0.15) is 13.2 Å². The summed E-state index contributed by atoms with van der Waals surface area (Å²) in [5.41, 5.74) is -0.715. The average molecular weight is 195 g/mol. The fourth-order valence-electron chi connectivity index (χ4n) is 0.930. The highest BCUT2D eigenvalue weighted by Crippen LogP contribution is 2.34. The first-order valence-electron chi connectivity index (χ1n) is 3.48. The molecule has 5 heteroatoms. The zero-order valence-electron chi connectivity index (χ0n) is 6.70. The number of aryl methyl sites for hydroxylation is 2. The smallest absolute Gasteiger partial charge is 0.237 e. The molecule has 0 aliphatic heterocycles. The lowest BCUT2D eigenvalue weighted by Gasteiger charge is -2.03. The molecule has 0 fully saturated rings. The Bertz CT molecular complexity index is 277. The van der Waals surface area contributed by atoms with Gasteiger partial charge in [0.1, 0.15) is 0 Å². The van der Waals surface area contributed by atoms with Gasteiger partial charge in [0.25, 0.3) is 0 Å². The van der Waals surface area contributed by atoms with E-state index in [-0.39, 0.29) is 0 Å². The molecule has 0 N–H and O–H groups in total. The van der Waals surface area contributed by atoms with Crippen molar-refractivity contribution in [2.45, 2.75) is 26.4 Å². The van der Waals surface area contributed by atoms with Crippen LogP contribution >= 0.6 is 11.3 Å². The van der Waals surface area contributed by atoms with Gasteiger partial charge in [-0.15, -0.1) is 11.3 Å². The number of aromatic nitrogens is 1. The molecule has 0 aliphatic rings. The maximum absolute atomic E-state index is 12.2. The lowest BCUT2D eigenvalue weighted by Crippen LogP contribution is -2.08. The molecule has 0 bridgehead atoms. The van der Waals surface area contributed by atoms with Crippen molar-refractivity contribution in [3.8, 4) is 0 Å². The minimum absolute atomic E-state index is 0.319. The molecule has 0 unspecified atom stereocenters. The zero-order chi connectivity index (χ0) is 9.35. The van der Waals surface area contributed by atoms with Gasteiger partial charge in [-0.25, -0.2) is 4.98 Å². The van der Waals surface area contributed by atoms with Gasteiger partial charge < -0.3 is 0 Å². The van der Waals surface area contributed by atoms with Gasteiger partial charge in [0.2, 0.25) is 0 Å². The number of rotatable bonds is 1. The van der Waals surface area contributed by atoms with Crippen LogP contribution in [0.15, 0.2) is 0 Å². The lowest BCUT2D eigenvalue weighted by atomic mass is 10.3. The van der Waals surface area contributed by atoms with E-state index in [1.807, 2.05) is 0 Å². The molecule has 1 rings (SSSR count). The number of nitrogens with zero attached hydrogens (tertiary/aromatic N) is 1. The van der Waals surface area contributed by atoms with E-state index in [0.29, 0.717) is 16.3 Å². The van der Waals surface area contributed by atoms with E-state index >= 15 is 0 Å². The minimum Gasteiger partial charge on any atom is -0.237 e. The predicted octanol–water partition coefficient (Wildman–Crippen LogP) is 3.03. The molecule has 1 aromatic rings. The van der Waals surface area contributed by atoms with Crippen LogP contribution in [-0.2, 0) is 12.6 Å². The number of hydrogen-bond acceptors (Lipinski definition) is 2. The molecule has 0 aromatic carbocycles. The second kappa shape index (κ2) is 3.05. The van der Waals surface area contributed by atoms with Gasteiger partial charge >= 0.3 is 6.18 Å². The molecular weight excluding hydrogens is 187 g/mol. The third-order valence-corrected chi connectivity index (χ3v) is 2.51. The third-order valence-electron chi connectivity index (χ3n) is 1.39. The molecule has 0 saturated carbocycles. The molecule has 0 radical (unpaired) electrons. The zero-order valence-corrected chi connectivity index (χ0v) is 7.51. The fraction of sp³-hybridized carbons (Fsp3) is 0.571. The summed E-state index contributed by atoms with van der Waals surface area (Å²) in [6, 6.07) is 0. The van der Waals surface area contributed by atoms with Gasteiger partial charge in [0.15, 0.2) is 5.69 Å². The summed E-state index contributed by atoms with van der Waals surface area (Å²) in [7, 11) is 0. The Morgan fingerprint density at radius 1 is 1.42 bits per heavy atom. The number of alkyl halides is 3. The number of halogens is 3. The van der Waals surface area contributed by atoms with Gasteiger partial charge in [-0.05, 0) is 13.3 Å². The van der Waals surface area contributed by atoms with Crippen LogP contribution in [-0.4, -0.2) is 4.98 Å². The highest BCUT2D eigenvalue weighted by Gasteiger charge is 2.36. The predicted molar refractivity (Wildman–Crippen MR) is 41.2 cm³/mol. The van der Waals surface area contributed by atoms with Crippen LogP contribution in [0.5, 0.6) is 0 Å². The van der Waals surface area contributed by atoms with E-state index < -0.39 is 11.9 Å². The Morgan fingerprint density at radius 3 is 2.33 bits per heavy atom. The van der Waals surface area contributed by atoms with Crippen LogP contribution in [0.1, 0.15) is 22.5 Å². The number of hydrogen-bond donors (Lipinski definition) is 0. The Labute approximate surface area is 72.2 Å². The van der Waals surface area contributed by atoms with Crippen LogP contribution < -0.4 is 0 Å². The molecule has 0 aliphatic carbocycles. The maximum Gasteiger partial charge on any atom is 0.434 e. The molecule has 0 amide bonds. The van der Waals surface area contributed by atoms with Gasteiger partial charge in [-0.3, -0.25) is 0 Å².